The zero-order valence-electron chi connectivity index (χ0n) is 17.7. The Labute approximate surface area is 184 Å². The number of rotatable bonds is 7. The van der Waals surface area contributed by atoms with Crippen molar-refractivity contribution in [1.82, 2.24) is 14.6 Å². The van der Waals surface area contributed by atoms with E-state index in [0.29, 0.717) is 17.8 Å². The standard InChI is InChI=1S/C21H23N3O7S/c1-12-18-19(21(27)24(20(18)26)7-9-30-13(2)25)16-10-15(5-6-17(16)23-12)32(28,29)22-11-14-4-3-8-31-14/h5-6,10,14,22H,3-4,7-9,11H2,1-2H3. The molecule has 0 spiro atoms. The van der Waals surface area contributed by atoms with Gasteiger partial charge < -0.3 is 9.47 Å². The summed E-state index contributed by atoms with van der Waals surface area (Å²) in [7, 11) is -3.86. The third-order valence-corrected chi connectivity index (χ3v) is 6.93. The SMILES string of the molecule is CC(=O)OCCN1C(=O)c2c(C)nc3ccc(S(=O)(=O)NCC4CCCO4)cc3c2C1=O. The number of hydrogen-bond acceptors (Lipinski definition) is 8. The number of fused-ring (bicyclic) bond motifs is 3. The fourth-order valence-corrected chi connectivity index (χ4v) is 5.05. The number of benzene rings is 1. The van der Waals surface area contributed by atoms with Crippen molar-refractivity contribution < 1.29 is 32.3 Å². The highest BCUT2D eigenvalue weighted by molar-refractivity contribution is 7.89. The van der Waals surface area contributed by atoms with Crippen LogP contribution in [-0.2, 0) is 24.3 Å². The smallest absolute Gasteiger partial charge is 0.302 e. The van der Waals surface area contributed by atoms with Crippen LogP contribution < -0.4 is 4.72 Å². The molecule has 2 aliphatic rings. The Morgan fingerprint density at radius 3 is 2.72 bits per heavy atom. The Morgan fingerprint density at radius 2 is 2.03 bits per heavy atom. The van der Waals surface area contributed by atoms with E-state index in [0.717, 1.165) is 17.7 Å². The molecule has 1 N–H and O–H groups in total. The highest BCUT2D eigenvalue weighted by Gasteiger charge is 2.39. The second-order valence-corrected chi connectivity index (χ2v) is 9.48. The van der Waals surface area contributed by atoms with Crippen molar-refractivity contribution in [1.29, 1.82) is 0 Å². The normalized spacial score (nSPS) is 18.4. The summed E-state index contributed by atoms with van der Waals surface area (Å²) >= 11 is 0. The monoisotopic (exact) mass is 461 g/mol. The van der Waals surface area contributed by atoms with Crippen LogP contribution >= 0.6 is 0 Å². The molecule has 1 unspecified atom stereocenters. The highest BCUT2D eigenvalue weighted by atomic mass is 32.2. The van der Waals surface area contributed by atoms with Crippen molar-refractivity contribution in [2.45, 2.75) is 37.7 Å². The number of nitrogens with zero attached hydrogens (tertiary/aromatic N) is 2. The van der Waals surface area contributed by atoms with Crippen LogP contribution in [0.4, 0.5) is 0 Å². The Balaban J connectivity index is 1.68. The second-order valence-electron chi connectivity index (χ2n) is 7.72. The molecular formula is C21H23N3O7S. The first-order valence-corrected chi connectivity index (χ1v) is 11.7. The van der Waals surface area contributed by atoms with Crippen LogP contribution in [-0.4, -0.2) is 68.5 Å². The maximum Gasteiger partial charge on any atom is 0.302 e. The molecule has 170 valence electrons. The zero-order valence-corrected chi connectivity index (χ0v) is 18.5. The Hall–Kier alpha value is -2.89. The van der Waals surface area contributed by atoms with Crippen LogP contribution in [0.3, 0.4) is 0 Å². The molecule has 2 aliphatic heterocycles. The molecule has 1 atom stereocenters. The molecule has 1 saturated heterocycles. The molecule has 0 radical (unpaired) electrons. The molecule has 32 heavy (non-hydrogen) atoms. The maximum atomic E-state index is 13.1. The van der Waals surface area contributed by atoms with Gasteiger partial charge in [0.1, 0.15) is 6.61 Å². The van der Waals surface area contributed by atoms with Gasteiger partial charge in [0.05, 0.1) is 39.9 Å². The lowest BCUT2D eigenvalue weighted by molar-refractivity contribution is -0.141. The van der Waals surface area contributed by atoms with Crippen LogP contribution in [0.25, 0.3) is 10.9 Å². The third-order valence-electron chi connectivity index (χ3n) is 5.51. The Morgan fingerprint density at radius 1 is 1.28 bits per heavy atom. The quantitative estimate of drug-likeness (QED) is 0.480. The number of pyridine rings is 1. The van der Waals surface area contributed by atoms with Crippen molar-refractivity contribution in [3.05, 3.63) is 35.0 Å². The van der Waals surface area contributed by atoms with E-state index in [4.69, 9.17) is 9.47 Å². The predicted octanol–water partition coefficient (Wildman–Crippen LogP) is 1.16. The van der Waals surface area contributed by atoms with Gasteiger partial charge in [0.25, 0.3) is 11.8 Å². The average Bonchev–Trinajstić information content (AvgIpc) is 3.34. The van der Waals surface area contributed by atoms with E-state index in [1.54, 1.807) is 6.92 Å². The number of ether oxygens (including phenoxy) is 2. The summed E-state index contributed by atoms with van der Waals surface area (Å²) in [5, 5.41) is 0.277. The molecule has 0 bridgehead atoms. The van der Waals surface area contributed by atoms with Gasteiger partial charge in [-0.1, -0.05) is 0 Å². The molecule has 1 aromatic carbocycles. The summed E-state index contributed by atoms with van der Waals surface area (Å²) in [5.74, 6) is -1.64. The van der Waals surface area contributed by atoms with Gasteiger partial charge >= 0.3 is 5.97 Å². The molecule has 3 heterocycles. The molecule has 1 aromatic heterocycles. The number of nitrogens with one attached hydrogen (secondary N) is 1. The van der Waals surface area contributed by atoms with Crippen molar-refractivity contribution in [3.63, 3.8) is 0 Å². The van der Waals surface area contributed by atoms with Crippen molar-refractivity contribution in [2.75, 3.05) is 26.3 Å². The van der Waals surface area contributed by atoms with Gasteiger partial charge in [-0.25, -0.2) is 13.1 Å². The minimum atomic E-state index is -3.86. The molecular weight excluding hydrogens is 438 g/mol. The fraction of sp³-hybridized carbons (Fsp3) is 0.429. The summed E-state index contributed by atoms with van der Waals surface area (Å²) in [6.07, 6.45) is 1.52. The lowest BCUT2D eigenvalue weighted by atomic mass is 10.0. The lowest BCUT2D eigenvalue weighted by Gasteiger charge is -2.13. The molecule has 10 nitrogen and oxygen atoms in total. The van der Waals surface area contributed by atoms with Crippen LogP contribution in [0, 0.1) is 6.92 Å². The number of carbonyl (C=O) groups excluding carboxylic acids is 3. The number of amides is 2. The summed E-state index contributed by atoms with van der Waals surface area (Å²) in [5.41, 5.74) is 1.01. The molecule has 2 amide bonds. The summed E-state index contributed by atoms with van der Waals surface area (Å²) in [6, 6.07) is 4.29. The van der Waals surface area contributed by atoms with Crippen molar-refractivity contribution in [3.8, 4) is 0 Å². The molecule has 0 saturated carbocycles. The van der Waals surface area contributed by atoms with E-state index in [1.807, 2.05) is 0 Å². The van der Waals surface area contributed by atoms with Gasteiger partial charge in [-0.3, -0.25) is 24.3 Å². The average molecular weight is 461 g/mol. The number of esters is 1. The van der Waals surface area contributed by atoms with Gasteiger partial charge in [0, 0.05) is 25.5 Å². The molecule has 2 aromatic rings. The molecule has 11 heteroatoms. The molecule has 4 rings (SSSR count). The van der Waals surface area contributed by atoms with E-state index >= 15 is 0 Å². The summed E-state index contributed by atoms with van der Waals surface area (Å²) in [4.78, 5) is 42.3. The van der Waals surface area contributed by atoms with Gasteiger partial charge in [0.2, 0.25) is 10.0 Å². The predicted molar refractivity (Wildman–Crippen MR) is 113 cm³/mol. The number of aryl methyl sites for hydroxylation is 1. The van der Waals surface area contributed by atoms with Crippen LogP contribution in [0.5, 0.6) is 0 Å². The number of carbonyl (C=O) groups is 3. The van der Waals surface area contributed by atoms with Crippen molar-refractivity contribution in [2.24, 2.45) is 0 Å². The maximum absolute atomic E-state index is 13.1. The van der Waals surface area contributed by atoms with E-state index in [-0.39, 0.29) is 47.2 Å². The first kappa shape index (κ1) is 22.3. The van der Waals surface area contributed by atoms with E-state index < -0.39 is 27.8 Å². The topological polar surface area (TPSA) is 132 Å². The summed E-state index contributed by atoms with van der Waals surface area (Å²) in [6.45, 7) is 3.40. The third kappa shape index (κ3) is 4.10. The number of aromatic nitrogens is 1. The first-order chi connectivity index (χ1) is 15.2. The largest absolute Gasteiger partial charge is 0.464 e. The van der Waals surface area contributed by atoms with Crippen LogP contribution in [0.2, 0.25) is 0 Å². The fourth-order valence-electron chi connectivity index (χ4n) is 3.95. The van der Waals surface area contributed by atoms with Crippen LogP contribution in [0.15, 0.2) is 23.1 Å². The Kier molecular flexibility index (Phi) is 5.97. The van der Waals surface area contributed by atoms with Gasteiger partial charge in [-0.05, 0) is 38.0 Å². The van der Waals surface area contributed by atoms with Crippen LogP contribution in [0.1, 0.15) is 46.2 Å². The minimum Gasteiger partial charge on any atom is -0.464 e. The number of hydrogen-bond donors (Lipinski definition) is 1. The minimum absolute atomic E-state index is 0.0329. The first-order valence-electron chi connectivity index (χ1n) is 10.2. The highest BCUT2D eigenvalue weighted by Crippen LogP contribution is 2.32. The van der Waals surface area contributed by atoms with Crippen molar-refractivity contribution >= 4 is 38.7 Å². The summed E-state index contributed by atoms with van der Waals surface area (Å²) < 4.78 is 38.5. The molecule has 0 aliphatic carbocycles. The van der Waals surface area contributed by atoms with Gasteiger partial charge in [-0.15, -0.1) is 0 Å². The lowest BCUT2D eigenvalue weighted by Crippen LogP contribution is -2.33. The Bertz CT molecular complexity index is 1220. The van der Waals surface area contributed by atoms with E-state index in [9.17, 15) is 22.8 Å². The van der Waals surface area contributed by atoms with Gasteiger partial charge in [0.15, 0.2) is 0 Å². The second kappa shape index (κ2) is 8.57. The van der Waals surface area contributed by atoms with Gasteiger partial charge in [-0.2, -0.15) is 0 Å². The number of sulfonamides is 1. The molecule has 1 fully saturated rings. The zero-order chi connectivity index (χ0) is 23.0. The van der Waals surface area contributed by atoms with E-state index in [1.165, 1.54) is 25.1 Å². The number of imide groups is 1. The van der Waals surface area contributed by atoms with E-state index in [2.05, 4.69) is 9.71 Å².